The maximum atomic E-state index is 2.64. The van der Waals surface area contributed by atoms with Crippen molar-refractivity contribution in [2.45, 2.75) is 44.9 Å². The van der Waals surface area contributed by atoms with Crippen molar-refractivity contribution in [1.82, 2.24) is 0 Å². The molecule has 0 heterocycles. The third-order valence-electron chi connectivity index (χ3n) is 6.05. The molecular formula is C15H24Si. The molecule has 0 nitrogen and oxygen atoms in total. The van der Waals surface area contributed by atoms with Gasteiger partial charge in [-0.3, -0.25) is 0 Å². The van der Waals surface area contributed by atoms with Gasteiger partial charge in [-0.2, -0.15) is 0 Å². The number of rotatable bonds is 2. The normalized spacial score (nSPS) is 56.6. The van der Waals surface area contributed by atoms with Gasteiger partial charge in [0.15, 0.2) is 0 Å². The Kier molecular flexibility index (Phi) is 1.67. The first-order valence-corrected chi connectivity index (χ1v) is 10.9. The number of fused-ring (bicyclic) bond motifs is 4. The van der Waals surface area contributed by atoms with Gasteiger partial charge >= 0.3 is 0 Å². The van der Waals surface area contributed by atoms with E-state index in [9.17, 15) is 0 Å². The van der Waals surface area contributed by atoms with Gasteiger partial charge in [0.2, 0.25) is 0 Å². The van der Waals surface area contributed by atoms with E-state index in [4.69, 9.17) is 0 Å². The van der Waals surface area contributed by atoms with Crippen LogP contribution in [0.5, 0.6) is 0 Å². The highest BCUT2D eigenvalue weighted by atomic mass is 28.3. The molecule has 0 radical (unpaired) electrons. The van der Waals surface area contributed by atoms with Crippen molar-refractivity contribution in [2.75, 3.05) is 0 Å². The molecule has 88 valence electrons. The van der Waals surface area contributed by atoms with E-state index >= 15 is 0 Å². The molecule has 0 aliphatic heterocycles. The molecule has 16 heavy (non-hydrogen) atoms. The Bertz CT molecular complexity index is 364. The monoisotopic (exact) mass is 232 g/mol. The topological polar surface area (TPSA) is 0 Å². The van der Waals surface area contributed by atoms with E-state index in [-0.39, 0.29) is 0 Å². The molecule has 0 N–H and O–H groups in total. The summed E-state index contributed by atoms with van der Waals surface area (Å²) in [7, 11) is -0.884. The first-order valence-electron chi connectivity index (χ1n) is 7.22. The molecule has 0 spiro atoms. The highest BCUT2D eigenvalue weighted by Crippen LogP contribution is 2.83. The number of allylic oxidation sites excluding steroid dienone is 2. The Morgan fingerprint density at radius 1 is 1.06 bits per heavy atom. The predicted octanol–water partition coefficient (Wildman–Crippen LogP) is 4.17. The van der Waals surface area contributed by atoms with Crippen molar-refractivity contribution in [3.63, 3.8) is 0 Å². The summed E-state index contributed by atoms with van der Waals surface area (Å²) in [6.07, 6.45) is 9.91. The van der Waals surface area contributed by atoms with Crippen molar-refractivity contribution in [1.29, 1.82) is 0 Å². The average Bonchev–Trinajstić information content (AvgIpc) is 2.51. The molecule has 4 rings (SSSR count). The summed E-state index contributed by atoms with van der Waals surface area (Å²) in [4.78, 5) is 0. The van der Waals surface area contributed by atoms with Crippen LogP contribution in [0.1, 0.15) is 19.3 Å². The van der Waals surface area contributed by atoms with Crippen LogP contribution in [0.15, 0.2) is 12.2 Å². The highest BCUT2D eigenvalue weighted by Gasteiger charge is 2.78. The van der Waals surface area contributed by atoms with Gasteiger partial charge in [-0.25, -0.2) is 0 Å². The summed E-state index contributed by atoms with van der Waals surface area (Å²) < 4.78 is 0. The third kappa shape index (κ3) is 0.978. The smallest absolute Gasteiger partial charge is 0.0448 e. The molecule has 3 saturated carbocycles. The van der Waals surface area contributed by atoms with Crippen LogP contribution < -0.4 is 0 Å². The van der Waals surface area contributed by atoms with Gasteiger partial charge in [0.1, 0.15) is 0 Å². The maximum Gasteiger partial charge on any atom is 0.0448 e. The molecule has 0 aromatic heterocycles. The highest BCUT2D eigenvalue weighted by molar-refractivity contribution is 6.76. The zero-order chi connectivity index (χ0) is 11.1. The molecule has 0 aromatic rings. The second kappa shape index (κ2) is 2.68. The van der Waals surface area contributed by atoms with Crippen LogP contribution >= 0.6 is 0 Å². The average molecular weight is 232 g/mol. The van der Waals surface area contributed by atoms with Crippen molar-refractivity contribution in [3.8, 4) is 0 Å². The minimum atomic E-state index is -0.884. The Morgan fingerprint density at radius 3 is 2.50 bits per heavy atom. The lowest BCUT2D eigenvalue weighted by atomic mass is 9.84. The standard InChI is InChI=1S/C15H24Si/c1-16(2,3)9-15-12-7-8-13(15)14(15)11-6-4-5-10(11)12/h7-8,10-14H,4-6,9H2,1-3H3/t10?,11?,12?,13?,14?,15-/m0/s1. The van der Waals surface area contributed by atoms with Gasteiger partial charge in [-0.1, -0.05) is 44.3 Å². The summed E-state index contributed by atoms with van der Waals surface area (Å²) in [5, 5.41) is 0. The first-order chi connectivity index (χ1) is 7.54. The van der Waals surface area contributed by atoms with Gasteiger partial charge in [0.05, 0.1) is 0 Å². The van der Waals surface area contributed by atoms with E-state index in [0.717, 1.165) is 35.0 Å². The van der Waals surface area contributed by atoms with E-state index in [1.54, 1.807) is 18.9 Å². The lowest BCUT2D eigenvalue weighted by Crippen LogP contribution is -2.29. The predicted molar refractivity (Wildman–Crippen MR) is 71.0 cm³/mol. The summed E-state index contributed by atoms with van der Waals surface area (Å²) in [5.41, 5.74) is 0.820. The first kappa shape index (κ1) is 9.93. The summed E-state index contributed by atoms with van der Waals surface area (Å²) in [6.45, 7) is 7.72. The summed E-state index contributed by atoms with van der Waals surface area (Å²) in [6, 6.07) is 1.61. The molecule has 0 bridgehead atoms. The van der Waals surface area contributed by atoms with Crippen LogP contribution in [0.25, 0.3) is 0 Å². The van der Waals surface area contributed by atoms with Gasteiger partial charge < -0.3 is 0 Å². The maximum absolute atomic E-state index is 2.64. The van der Waals surface area contributed by atoms with E-state index in [0.29, 0.717) is 0 Å². The van der Waals surface area contributed by atoms with Crippen LogP contribution in [0.4, 0.5) is 0 Å². The van der Waals surface area contributed by atoms with E-state index in [1.807, 2.05) is 0 Å². The Labute approximate surface area is 101 Å². The summed E-state index contributed by atoms with van der Waals surface area (Å²) in [5.74, 6) is 5.43. The minimum absolute atomic E-state index is 0.820. The molecule has 0 aromatic carbocycles. The molecule has 4 aliphatic carbocycles. The van der Waals surface area contributed by atoms with Crippen molar-refractivity contribution in [2.24, 2.45) is 35.0 Å². The fourth-order valence-corrected chi connectivity index (χ4v) is 8.61. The van der Waals surface area contributed by atoms with Gasteiger partial charge in [-0.15, -0.1) is 0 Å². The number of hydrogen-bond acceptors (Lipinski definition) is 0. The van der Waals surface area contributed by atoms with E-state index in [2.05, 4.69) is 31.8 Å². The zero-order valence-corrected chi connectivity index (χ0v) is 11.9. The largest absolute Gasteiger partial charge is 0.0842 e. The Morgan fingerprint density at radius 2 is 1.75 bits per heavy atom. The number of hydrogen-bond donors (Lipinski definition) is 0. The minimum Gasteiger partial charge on any atom is -0.0842 e. The molecule has 3 fully saturated rings. The van der Waals surface area contributed by atoms with Crippen LogP contribution in [0.3, 0.4) is 0 Å². The van der Waals surface area contributed by atoms with Crippen molar-refractivity contribution >= 4 is 8.07 Å². The van der Waals surface area contributed by atoms with Gasteiger partial charge in [0.25, 0.3) is 0 Å². The Hall–Kier alpha value is -0.0431. The van der Waals surface area contributed by atoms with Crippen LogP contribution in [-0.4, -0.2) is 8.07 Å². The lowest BCUT2D eigenvalue weighted by Gasteiger charge is -2.29. The second-order valence-corrected chi connectivity index (χ2v) is 13.5. The Balaban J connectivity index is 1.69. The van der Waals surface area contributed by atoms with E-state index in [1.165, 1.54) is 6.42 Å². The van der Waals surface area contributed by atoms with Crippen LogP contribution in [-0.2, 0) is 0 Å². The lowest BCUT2D eigenvalue weighted by molar-refractivity contribution is 0.303. The molecule has 0 amide bonds. The van der Waals surface area contributed by atoms with Crippen molar-refractivity contribution in [3.05, 3.63) is 12.2 Å². The molecular weight excluding hydrogens is 208 g/mol. The molecule has 0 saturated heterocycles. The molecule has 1 heteroatoms. The SMILES string of the molecule is C[Si](C)(C)C[C@]12C3C=CC1C2C1CCCC13. The zero-order valence-electron chi connectivity index (χ0n) is 10.9. The summed E-state index contributed by atoms with van der Waals surface area (Å²) >= 11 is 0. The van der Waals surface area contributed by atoms with Crippen molar-refractivity contribution < 1.29 is 0 Å². The fourth-order valence-electron chi connectivity index (χ4n) is 6.07. The van der Waals surface area contributed by atoms with E-state index < -0.39 is 8.07 Å². The van der Waals surface area contributed by atoms with Crippen LogP contribution in [0.2, 0.25) is 25.7 Å². The van der Waals surface area contributed by atoms with Gasteiger partial charge in [-0.05, 0) is 47.8 Å². The second-order valence-electron chi connectivity index (χ2n) is 8.07. The molecule has 4 aliphatic rings. The van der Waals surface area contributed by atoms with Crippen LogP contribution in [0, 0.1) is 35.0 Å². The van der Waals surface area contributed by atoms with Gasteiger partial charge in [0, 0.05) is 8.07 Å². The molecule has 6 atom stereocenters. The molecule has 5 unspecified atom stereocenters. The quantitative estimate of drug-likeness (QED) is 0.495. The third-order valence-corrected chi connectivity index (χ3v) is 7.72. The fraction of sp³-hybridized carbons (Fsp3) is 0.867.